The minimum absolute atomic E-state index is 0.266. The Bertz CT molecular complexity index is 562. The summed E-state index contributed by atoms with van der Waals surface area (Å²) in [6, 6.07) is 18.8. The fraction of sp³-hybridized carbons (Fsp3) is 0.0625. The molecule has 0 aliphatic heterocycles. The minimum Gasteiger partial charge on any atom is -0.491 e. The lowest BCUT2D eigenvalue weighted by Gasteiger charge is -2.07. The molecule has 96 valence electrons. The van der Waals surface area contributed by atoms with E-state index in [2.05, 4.69) is 5.32 Å². The van der Waals surface area contributed by atoms with Gasteiger partial charge in [-0.05, 0) is 23.8 Å². The molecule has 0 aliphatic carbocycles. The van der Waals surface area contributed by atoms with Gasteiger partial charge in [0.15, 0.2) is 5.76 Å². The van der Waals surface area contributed by atoms with Gasteiger partial charge in [-0.25, -0.2) is 0 Å². The predicted molar refractivity (Wildman–Crippen MR) is 76.5 cm³/mol. The van der Waals surface area contributed by atoms with E-state index in [-0.39, 0.29) is 11.7 Å². The lowest BCUT2D eigenvalue weighted by molar-refractivity contribution is -0.115. The van der Waals surface area contributed by atoms with E-state index in [4.69, 9.17) is 4.74 Å². The van der Waals surface area contributed by atoms with Gasteiger partial charge in [0.2, 0.25) is 0 Å². The third kappa shape index (κ3) is 3.71. The molecule has 0 atom stereocenters. The summed E-state index contributed by atoms with van der Waals surface area (Å²) in [4.78, 5) is 12.0. The van der Waals surface area contributed by atoms with Crippen molar-refractivity contribution in [3.8, 4) is 0 Å². The number of amides is 1. The second-order valence-electron chi connectivity index (χ2n) is 3.94. The van der Waals surface area contributed by atoms with Gasteiger partial charge in [-0.3, -0.25) is 4.79 Å². The molecule has 0 heterocycles. The Morgan fingerprint density at radius 3 is 2.16 bits per heavy atom. The number of carbonyl (C=O) groups is 1. The first-order chi connectivity index (χ1) is 9.29. The molecule has 0 fully saturated rings. The van der Waals surface area contributed by atoms with Crippen LogP contribution in [0.5, 0.6) is 0 Å². The first-order valence-corrected chi connectivity index (χ1v) is 5.97. The Hall–Kier alpha value is -2.55. The summed E-state index contributed by atoms with van der Waals surface area (Å²) >= 11 is 0. The normalized spacial score (nSPS) is 10.9. The number of rotatable bonds is 4. The van der Waals surface area contributed by atoms with Gasteiger partial charge in [0.05, 0.1) is 7.11 Å². The summed E-state index contributed by atoms with van der Waals surface area (Å²) in [6.45, 7) is 0. The van der Waals surface area contributed by atoms with Gasteiger partial charge in [0.25, 0.3) is 5.91 Å². The first-order valence-electron chi connectivity index (χ1n) is 5.97. The SMILES string of the molecule is COC(=Cc1ccccc1)C(=O)Nc1ccccc1. The van der Waals surface area contributed by atoms with Crippen molar-refractivity contribution in [3.05, 3.63) is 72.0 Å². The second kappa shape index (κ2) is 6.40. The molecule has 0 saturated carbocycles. The van der Waals surface area contributed by atoms with Crippen LogP contribution < -0.4 is 5.32 Å². The van der Waals surface area contributed by atoms with Crippen LogP contribution in [0.4, 0.5) is 5.69 Å². The van der Waals surface area contributed by atoms with Crippen LogP contribution in [-0.4, -0.2) is 13.0 Å². The average molecular weight is 253 g/mol. The van der Waals surface area contributed by atoms with Crippen LogP contribution in [0.1, 0.15) is 5.56 Å². The molecule has 3 heteroatoms. The van der Waals surface area contributed by atoms with Crippen molar-refractivity contribution in [3.63, 3.8) is 0 Å². The standard InChI is InChI=1S/C16H15NO2/c1-19-15(12-13-8-4-2-5-9-13)16(18)17-14-10-6-3-7-11-14/h2-12H,1H3,(H,17,18). The van der Waals surface area contributed by atoms with Gasteiger partial charge in [-0.1, -0.05) is 48.5 Å². The van der Waals surface area contributed by atoms with Crippen LogP contribution >= 0.6 is 0 Å². The molecule has 1 N–H and O–H groups in total. The molecule has 0 aromatic heterocycles. The number of anilines is 1. The molecule has 19 heavy (non-hydrogen) atoms. The highest BCUT2D eigenvalue weighted by Crippen LogP contribution is 2.11. The zero-order valence-corrected chi connectivity index (χ0v) is 10.7. The molecule has 0 bridgehead atoms. The highest BCUT2D eigenvalue weighted by atomic mass is 16.5. The van der Waals surface area contributed by atoms with E-state index in [1.165, 1.54) is 7.11 Å². The molecular weight excluding hydrogens is 238 g/mol. The number of hydrogen-bond donors (Lipinski definition) is 1. The summed E-state index contributed by atoms with van der Waals surface area (Å²) in [5.41, 5.74) is 1.66. The Morgan fingerprint density at radius 2 is 1.58 bits per heavy atom. The van der Waals surface area contributed by atoms with Gasteiger partial charge < -0.3 is 10.1 Å². The van der Waals surface area contributed by atoms with Gasteiger partial charge in [-0.15, -0.1) is 0 Å². The number of nitrogens with one attached hydrogen (secondary N) is 1. The van der Waals surface area contributed by atoms with Gasteiger partial charge in [0.1, 0.15) is 0 Å². The molecule has 0 radical (unpaired) electrons. The predicted octanol–water partition coefficient (Wildman–Crippen LogP) is 3.31. The lowest BCUT2D eigenvalue weighted by Crippen LogP contribution is -2.15. The third-order valence-electron chi connectivity index (χ3n) is 2.57. The fourth-order valence-electron chi connectivity index (χ4n) is 1.63. The van der Waals surface area contributed by atoms with Crippen LogP contribution in [0.25, 0.3) is 6.08 Å². The summed E-state index contributed by atoms with van der Waals surface area (Å²) in [6.07, 6.45) is 1.71. The molecule has 0 saturated heterocycles. The highest BCUT2D eigenvalue weighted by Gasteiger charge is 2.09. The summed E-state index contributed by atoms with van der Waals surface area (Å²) in [5.74, 6) is 0.00704. The van der Waals surface area contributed by atoms with Crippen molar-refractivity contribution in [1.82, 2.24) is 0 Å². The van der Waals surface area contributed by atoms with E-state index >= 15 is 0 Å². The van der Waals surface area contributed by atoms with E-state index in [1.807, 2.05) is 60.7 Å². The van der Waals surface area contributed by atoms with E-state index in [1.54, 1.807) is 6.08 Å². The van der Waals surface area contributed by atoms with Gasteiger partial charge in [-0.2, -0.15) is 0 Å². The Morgan fingerprint density at radius 1 is 1.00 bits per heavy atom. The number of carbonyl (C=O) groups excluding carboxylic acids is 1. The zero-order valence-electron chi connectivity index (χ0n) is 10.7. The Labute approximate surface area is 112 Å². The van der Waals surface area contributed by atoms with E-state index < -0.39 is 0 Å². The largest absolute Gasteiger partial charge is 0.491 e. The maximum Gasteiger partial charge on any atom is 0.290 e. The van der Waals surface area contributed by atoms with Crippen LogP contribution in [0.3, 0.4) is 0 Å². The maximum absolute atomic E-state index is 12.0. The summed E-state index contributed by atoms with van der Waals surface area (Å²) < 4.78 is 5.14. The molecule has 0 unspecified atom stereocenters. The van der Waals surface area contributed by atoms with E-state index in [9.17, 15) is 4.79 Å². The smallest absolute Gasteiger partial charge is 0.290 e. The van der Waals surface area contributed by atoms with Crippen LogP contribution in [0.2, 0.25) is 0 Å². The summed E-state index contributed by atoms with van der Waals surface area (Å²) in [7, 11) is 1.49. The second-order valence-corrected chi connectivity index (χ2v) is 3.94. The molecule has 2 rings (SSSR count). The Kier molecular flexibility index (Phi) is 4.34. The molecule has 2 aromatic carbocycles. The average Bonchev–Trinajstić information content (AvgIpc) is 2.47. The zero-order chi connectivity index (χ0) is 13.5. The molecule has 2 aromatic rings. The van der Waals surface area contributed by atoms with Crippen molar-refractivity contribution in [2.45, 2.75) is 0 Å². The first kappa shape index (κ1) is 12.9. The lowest BCUT2D eigenvalue weighted by atomic mass is 10.2. The van der Waals surface area contributed by atoms with Crippen molar-refractivity contribution in [2.75, 3.05) is 12.4 Å². The number of benzene rings is 2. The number of ether oxygens (including phenoxy) is 1. The van der Waals surface area contributed by atoms with Crippen molar-refractivity contribution in [2.24, 2.45) is 0 Å². The minimum atomic E-state index is -0.266. The molecule has 0 aliphatic rings. The topological polar surface area (TPSA) is 38.3 Å². The van der Waals surface area contributed by atoms with Crippen molar-refractivity contribution >= 4 is 17.7 Å². The van der Waals surface area contributed by atoms with Crippen LogP contribution in [-0.2, 0) is 9.53 Å². The van der Waals surface area contributed by atoms with E-state index in [0.717, 1.165) is 11.3 Å². The number of hydrogen-bond acceptors (Lipinski definition) is 2. The summed E-state index contributed by atoms with van der Waals surface area (Å²) in [5, 5.41) is 2.78. The van der Waals surface area contributed by atoms with Crippen molar-refractivity contribution < 1.29 is 9.53 Å². The van der Waals surface area contributed by atoms with Gasteiger partial charge in [0, 0.05) is 5.69 Å². The maximum atomic E-state index is 12.0. The van der Waals surface area contributed by atoms with Crippen molar-refractivity contribution in [1.29, 1.82) is 0 Å². The Balaban J connectivity index is 2.14. The van der Waals surface area contributed by atoms with E-state index in [0.29, 0.717) is 0 Å². The van der Waals surface area contributed by atoms with Crippen LogP contribution in [0, 0.1) is 0 Å². The fourth-order valence-corrected chi connectivity index (χ4v) is 1.63. The number of methoxy groups -OCH3 is 1. The highest BCUT2D eigenvalue weighted by molar-refractivity contribution is 6.05. The van der Waals surface area contributed by atoms with Gasteiger partial charge >= 0.3 is 0 Å². The van der Waals surface area contributed by atoms with Crippen LogP contribution in [0.15, 0.2) is 66.4 Å². The quantitative estimate of drug-likeness (QED) is 0.670. The molecule has 3 nitrogen and oxygen atoms in total. The molecular formula is C16H15NO2. The molecule has 0 spiro atoms. The number of para-hydroxylation sites is 1. The third-order valence-corrected chi connectivity index (χ3v) is 2.57. The monoisotopic (exact) mass is 253 g/mol. The molecule has 1 amide bonds.